The molecule has 1 aromatic heterocycles. The first-order valence-corrected chi connectivity index (χ1v) is 10.7. The number of esters is 1. The smallest absolute Gasteiger partial charge is 0.340 e. The number of rotatable bonds is 7. The van der Waals surface area contributed by atoms with Crippen molar-refractivity contribution in [3.8, 4) is 5.75 Å². The summed E-state index contributed by atoms with van der Waals surface area (Å²) < 4.78 is 11.4. The fourth-order valence-electron chi connectivity index (χ4n) is 3.60. The van der Waals surface area contributed by atoms with Crippen LogP contribution in [0, 0.1) is 6.92 Å². The minimum absolute atomic E-state index is 0.363. The van der Waals surface area contributed by atoms with Gasteiger partial charge in [-0.3, -0.25) is 9.78 Å². The maximum atomic E-state index is 13.3. The van der Waals surface area contributed by atoms with Gasteiger partial charge in [0.2, 0.25) is 6.10 Å². The van der Waals surface area contributed by atoms with Crippen molar-refractivity contribution in [2.45, 2.75) is 20.0 Å². The number of aromatic nitrogens is 1. The van der Waals surface area contributed by atoms with Crippen LogP contribution < -0.4 is 10.1 Å². The van der Waals surface area contributed by atoms with Gasteiger partial charge in [-0.2, -0.15) is 0 Å². The Morgan fingerprint density at radius 1 is 0.939 bits per heavy atom. The first-order valence-electron chi connectivity index (χ1n) is 10.7. The molecule has 0 aliphatic rings. The summed E-state index contributed by atoms with van der Waals surface area (Å²) in [5.41, 5.74) is 2.81. The fraction of sp³-hybridized carbons (Fsp3) is 0.148. The molecule has 166 valence electrons. The van der Waals surface area contributed by atoms with E-state index in [9.17, 15) is 9.59 Å². The van der Waals surface area contributed by atoms with E-state index in [0.717, 1.165) is 0 Å². The molecule has 33 heavy (non-hydrogen) atoms. The SMILES string of the molecule is CCOc1ccccc1NC(=O)C(OC(=O)c1cc(C)nc2ccccc12)c1ccccc1. The topological polar surface area (TPSA) is 77.5 Å². The molecule has 0 saturated heterocycles. The number of para-hydroxylation sites is 3. The molecule has 0 bridgehead atoms. The van der Waals surface area contributed by atoms with Crippen molar-refractivity contribution in [3.05, 3.63) is 102 Å². The van der Waals surface area contributed by atoms with Crippen LogP contribution >= 0.6 is 0 Å². The second-order valence-electron chi connectivity index (χ2n) is 7.44. The summed E-state index contributed by atoms with van der Waals surface area (Å²) in [6.45, 7) is 4.14. The van der Waals surface area contributed by atoms with E-state index in [2.05, 4.69) is 10.3 Å². The molecule has 0 aliphatic heterocycles. The summed E-state index contributed by atoms with van der Waals surface area (Å²) in [6.07, 6.45) is -1.15. The lowest BCUT2D eigenvalue weighted by Crippen LogP contribution is -2.26. The molecule has 6 heteroatoms. The molecule has 0 fully saturated rings. The van der Waals surface area contributed by atoms with Crippen molar-refractivity contribution in [1.29, 1.82) is 0 Å². The molecule has 0 saturated carbocycles. The van der Waals surface area contributed by atoms with Gasteiger partial charge >= 0.3 is 5.97 Å². The van der Waals surface area contributed by atoms with E-state index >= 15 is 0 Å². The van der Waals surface area contributed by atoms with Crippen LogP contribution in [0.1, 0.15) is 34.6 Å². The zero-order chi connectivity index (χ0) is 23.2. The molecule has 1 heterocycles. The van der Waals surface area contributed by atoms with Crippen LogP contribution in [0.2, 0.25) is 0 Å². The lowest BCUT2D eigenvalue weighted by Gasteiger charge is -2.20. The quantitative estimate of drug-likeness (QED) is 0.385. The fourth-order valence-corrected chi connectivity index (χ4v) is 3.60. The Hall–Kier alpha value is -4.19. The highest BCUT2D eigenvalue weighted by Gasteiger charge is 2.27. The van der Waals surface area contributed by atoms with Gasteiger partial charge < -0.3 is 14.8 Å². The average Bonchev–Trinajstić information content (AvgIpc) is 2.83. The van der Waals surface area contributed by atoms with Crippen LogP contribution in [-0.2, 0) is 9.53 Å². The Balaban J connectivity index is 1.67. The summed E-state index contributed by atoms with van der Waals surface area (Å²) in [7, 11) is 0. The molecular weight excluding hydrogens is 416 g/mol. The van der Waals surface area contributed by atoms with Crippen molar-refractivity contribution in [1.82, 2.24) is 4.98 Å². The van der Waals surface area contributed by atoms with Crippen molar-refractivity contribution >= 4 is 28.5 Å². The van der Waals surface area contributed by atoms with Crippen LogP contribution in [0.3, 0.4) is 0 Å². The summed E-state index contributed by atoms with van der Waals surface area (Å²) >= 11 is 0. The number of nitrogens with zero attached hydrogens (tertiary/aromatic N) is 1. The number of pyridine rings is 1. The highest BCUT2D eigenvalue weighted by atomic mass is 16.5. The molecule has 0 radical (unpaired) electrons. The Kier molecular flexibility index (Phi) is 6.64. The number of fused-ring (bicyclic) bond motifs is 1. The first-order chi connectivity index (χ1) is 16.1. The Labute approximate surface area is 192 Å². The summed E-state index contributed by atoms with van der Waals surface area (Å²) in [5.74, 6) is -0.530. The van der Waals surface area contributed by atoms with Crippen molar-refractivity contribution in [2.24, 2.45) is 0 Å². The van der Waals surface area contributed by atoms with Crippen LogP contribution in [0.15, 0.2) is 84.9 Å². The van der Waals surface area contributed by atoms with Gasteiger partial charge in [0.05, 0.1) is 23.4 Å². The predicted octanol–water partition coefficient (Wildman–Crippen LogP) is 5.48. The minimum Gasteiger partial charge on any atom is -0.492 e. The highest BCUT2D eigenvalue weighted by Crippen LogP contribution is 2.28. The van der Waals surface area contributed by atoms with Gasteiger partial charge in [-0.25, -0.2) is 4.79 Å². The molecule has 1 amide bonds. The largest absolute Gasteiger partial charge is 0.492 e. The van der Waals surface area contributed by atoms with Gasteiger partial charge in [0.25, 0.3) is 5.91 Å². The molecule has 0 aliphatic carbocycles. The standard InChI is InChI=1S/C27H24N2O4/c1-3-32-24-16-10-9-15-23(24)29-26(30)25(19-11-5-4-6-12-19)33-27(31)21-17-18(2)28-22-14-8-7-13-20(21)22/h4-17,25H,3H2,1-2H3,(H,29,30). The van der Waals surface area contributed by atoms with Gasteiger partial charge in [0.15, 0.2) is 0 Å². The van der Waals surface area contributed by atoms with E-state index in [1.807, 2.05) is 50.2 Å². The number of hydrogen-bond acceptors (Lipinski definition) is 5. The van der Waals surface area contributed by atoms with Crippen LogP contribution in [0.25, 0.3) is 10.9 Å². The third-order valence-electron chi connectivity index (χ3n) is 5.07. The number of anilines is 1. The number of nitrogens with one attached hydrogen (secondary N) is 1. The van der Waals surface area contributed by atoms with Crippen LogP contribution in [0.4, 0.5) is 5.69 Å². The number of amides is 1. The second-order valence-corrected chi connectivity index (χ2v) is 7.44. The summed E-state index contributed by atoms with van der Waals surface area (Å²) in [4.78, 5) is 31.1. The van der Waals surface area contributed by atoms with E-state index in [-0.39, 0.29) is 0 Å². The van der Waals surface area contributed by atoms with Gasteiger partial charge in [-0.1, -0.05) is 60.7 Å². The number of ether oxygens (including phenoxy) is 2. The number of carbonyl (C=O) groups is 2. The predicted molar refractivity (Wildman–Crippen MR) is 127 cm³/mol. The van der Waals surface area contributed by atoms with Crippen molar-refractivity contribution < 1.29 is 19.1 Å². The number of hydrogen-bond donors (Lipinski definition) is 1. The van der Waals surface area contributed by atoms with Crippen LogP contribution in [0.5, 0.6) is 5.75 Å². The van der Waals surface area contributed by atoms with Gasteiger partial charge in [-0.05, 0) is 38.1 Å². The summed E-state index contributed by atoms with van der Waals surface area (Å²) in [6, 6.07) is 25.1. The molecule has 3 aromatic carbocycles. The maximum absolute atomic E-state index is 13.3. The molecular formula is C27H24N2O4. The molecule has 0 spiro atoms. The molecule has 4 rings (SSSR count). The first kappa shape index (κ1) is 22.0. The van der Waals surface area contributed by atoms with Crippen molar-refractivity contribution in [2.75, 3.05) is 11.9 Å². The third-order valence-corrected chi connectivity index (χ3v) is 5.07. The number of benzene rings is 3. The molecule has 4 aromatic rings. The van der Waals surface area contributed by atoms with Gasteiger partial charge in [0.1, 0.15) is 5.75 Å². The lowest BCUT2D eigenvalue weighted by molar-refractivity contribution is -0.125. The summed E-state index contributed by atoms with van der Waals surface area (Å²) in [5, 5.41) is 3.51. The van der Waals surface area contributed by atoms with Gasteiger partial charge in [-0.15, -0.1) is 0 Å². The van der Waals surface area contributed by atoms with Gasteiger partial charge in [0, 0.05) is 16.6 Å². The van der Waals surface area contributed by atoms with E-state index in [1.165, 1.54) is 0 Å². The van der Waals surface area contributed by atoms with Crippen molar-refractivity contribution in [3.63, 3.8) is 0 Å². The lowest BCUT2D eigenvalue weighted by atomic mass is 10.1. The Morgan fingerprint density at radius 2 is 1.64 bits per heavy atom. The number of aryl methyl sites for hydroxylation is 1. The normalized spacial score (nSPS) is 11.6. The van der Waals surface area contributed by atoms with E-state index < -0.39 is 18.0 Å². The monoisotopic (exact) mass is 440 g/mol. The average molecular weight is 440 g/mol. The van der Waals surface area contributed by atoms with Crippen LogP contribution in [-0.4, -0.2) is 23.5 Å². The minimum atomic E-state index is -1.15. The zero-order valence-electron chi connectivity index (χ0n) is 18.4. The second kappa shape index (κ2) is 9.96. The Morgan fingerprint density at radius 3 is 2.42 bits per heavy atom. The maximum Gasteiger partial charge on any atom is 0.340 e. The highest BCUT2D eigenvalue weighted by molar-refractivity contribution is 6.05. The van der Waals surface area contributed by atoms with E-state index in [4.69, 9.17) is 9.47 Å². The molecule has 1 unspecified atom stereocenters. The van der Waals surface area contributed by atoms with E-state index in [0.29, 0.717) is 45.8 Å². The van der Waals surface area contributed by atoms with E-state index in [1.54, 1.807) is 48.5 Å². The number of carbonyl (C=O) groups excluding carboxylic acids is 2. The molecule has 6 nitrogen and oxygen atoms in total. The zero-order valence-corrected chi connectivity index (χ0v) is 18.4. The Bertz CT molecular complexity index is 1290. The third kappa shape index (κ3) is 5.01. The molecule has 1 atom stereocenters. The molecule has 1 N–H and O–H groups in total.